The average molecular weight is 286 g/mol. The molecule has 1 amide bonds. The maximum atomic E-state index is 12.7. The van der Waals surface area contributed by atoms with Crippen LogP contribution in [-0.2, 0) is 0 Å². The van der Waals surface area contributed by atoms with Crippen LogP contribution in [0.3, 0.4) is 0 Å². The van der Waals surface area contributed by atoms with Crippen LogP contribution in [0.15, 0.2) is 34.9 Å². The fourth-order valence-electron chi connectivity index (χ4n) is 2.71. The summed E-state index contributed by atoms with van der Waals surface area (Å²) in [6.07, 6.45) is 1.12. The number of carbonyl (C=O) groups is 1. The highest BCUT2D eigenvalue weighted by atomic mass is 16.5. The van der Waals surface area contributed by atoms with E-state index in [1.165, 1.54) is 0 Å². The molecular formula is C16H18N2O3. The smallest absolute Gasteiger partial charge is 0.259 e. The lowest BCUT2D eigenvalue weighted by Crippen LogP contribution is -2.42. The number of aryl methyl sites for hydroxylation is 1. The Morgan fingerprint density at radius 1 is 1.38 bits per heavy atom. The van der Waals surface area contributed by atoms with E-state index in [0.717, 1.165) is 18.4 Å². The van der Waals surface area contributed by atoms with Crippen molar-refractivity contribution in [3.63, 3.8) is 0 Å². The number of hydrogen-bond donors (Lipinski definition) is 1. The number of piperidine rings is 1. The topological polar surface area (TPSA) is 66.6 Å². The molecule has 0 radical (unpaired) electrons. The van der Waals surface area contributed by atoms with Gasteiger partial charge in [0.2, 0.25) is 0 Å². The van der Waals surface area contributed by atoms with E-state index in [-0.39, 0.29) is 5.91 Å². The minimum Gasteiger partial charge on any atom is -0.391 e. The third-order valence-corrected chi connectivity index (χ3v) is 3.81. The van der Waals surface area contributed by atoms with Crippen molar-refractivity contribution in [1.82, 2.24) is 10.1 Å². The predicted octanol–water partition coefficient (Wildman–Crippen LogP) is 2.25. The van der Waals surface area contributed by atoms with Gasteiger partial charge >= 0.3 is 0 Å². The first kappa shape index (κ1) is 13.8. The van der Waals surface area contributed by atoms with Gasteiger partial charge in [0.05, 0.1) is 6.10 Å². The van der Waals surface area contributed by atoms with Crippen LogP contribution in [0, 0.1) is 6.92 Å². The molecule has 1 aliphatic heterocycles. The zero-order valence-corrected chi connectivity index (χ0v) is 12.0. The number of hydrogen-bond acceptors (Lipinski definition) is 4. The summed E-state index contributed by atoms with van der Waals surface area (Å²) < 4.78 is 5.23. The lowest BCUT2D eigenvalue weighted by Gasteiger charge is -2.30. The molecule has 0 bridgehead atoms. The van der Waals surface area contributed by atoms with E-state index in [0.29, 0.717) is 30.1 Å². The quantitative estimate of drug-likeness (QED) is 0.919. The average Bonchev–Trinajstić information content (AvgIpc) is 2.89. The lowest BCUT2D eigenvalue weighted by atomic mass is 10.0. The lowest BCUT2D eigenvalue weighted by molar-refractivity contribution is 0.0473. The number of benzene rings is 1. The Morgan fingerprint density at radius 3 is 2.86 bits per heavy atom. The SMILES string of the molecule is Cc1onc(-c2ccccc2)c1C(=O)N1CCCC(O)C1. The highest BCUT2D eigenvalue weighted by Crippen LogP contribution is 2.27. The highest BCUT2D eigenvalue weighted by molar-refractivity contribution is 6.00. The molecule has 21 heavy (non-hydrogen) atoms. The Bertz CT molecular complexity index is 636. The summed E-state index contributed by atoms with van der Waals surface area (Å²) in [7, 11) is 0. The van der Waals surface area contributed by atoms with E-state index in [4.69, 9.17) is 4.52 Å². The molecule has 1 fully saturated rings. The zero-order valence-electron chi connectivity index (χ0n) is 12.0. The first-order valence-corrected chi connectivity index (χ1v) is 7.16. The highest BCUT2D eigenvalue weighted by Gasteiger charge is 2.29. The number of amides is 1. The number of aliphatic hydroxyl groups is 1. The molecule has 2 aromatic rings. The van der Waals surface area contributed by atoms with Crippen LogP contribution in [0.5, 0.6) is 0 Å². The van der Waals surface area contributed by atoms with Gasteiger partial charge in [0.15, 0.2) is 0 Å². The normalized spacial score (nSPS) is 18.8. The van der Waals surface area contributed by atoms with Gasteiger partial charge in [0, 0.05) is 18.7 Å². The van der Waals surface area contributed by atoms with Crippen LogP contribution in [0.2, 0.25) is 0 Å². The van der Waals surface area contributed by atoms with Gasteiger partial charge < -0.3 is 14.5 Å². The monoisotopic (exact) mass is 286 g/mol. The molecule has 3 rings (SSSR count). The van der Waals surface area contributed by atoms with Crippen molar-refractivity contribution in [2.45, 2.75) is 25.9 Å². The van der Waals surface area contributed by atoms with Crippen LogP contribution in [0.1, 0.15) is 29.0 Å². The van der Waals surface area contributed by atoms with E-state index < -0.39 is 6.10 Å². The van der Waals surface area contributed by atoms with E-state index in [2.05, 4.69) is 5.16 Å². The Balaban J connectivity index is 1.95. The minimum atomic E-state index is -0.442. The fraction of sp³-hybridized carbons (Fsp3) is 0.375. The second-order valence-electron chi connectivity index (χ2n) is 5.38. The molecule has 1 N–H and O–H groups in total. The Kier molecular flexibility index (Phi) is 3.75. The molecule has 0 saturated carbocycles. The van der Waals surface area contributed by atoms with E-state index in [9.17, 15) is 9.90 Å². The first-order chi connectivity index (χ1) is 10.2. The molecule has 1 aromatic carbocycles. The number of nitrogens with zero attached hydrogens (tertiary/aromatic N) is 2. The van der Waals surface area contributed by atoms with Crippen molar-refractivity contribution in [1.29, 1.82) is 0 Å². The third-order valence-electron chi connectivity index (χ3n) is 3.81. The maximum Gasteiger partial charge on any atom is 0.259 e. The fourth-order valence-corrected chi connectivity index (χ4v) is 2.71. The summed E-state index contributed by atoms with van der Waals surface area (Å²) in [5, 5.41) is 13.8. The molecule has 5 nitrogen and oxygen atoms in total. The van der Waals surface area contributed by atoms with E-state index in [1.54, 1.807) is 11.8 Å². The predicted molar refractivity (Wildman–Crippen MR) is 77.8 cm³/mol. The molecule has 2 heterocycles. The number of rotatable bonds is 2. The van der Waals surface area contributed by atoms with E-state index >= 15 is 0 Å². The molecular weight excluding hydrogens is 268 g/mol. The van der Waals surface area contributed by atoms with E-state index in [1.807, 2.05) is 30.3 Å². The number of aliphatic hydroxyl groups excluding tert-OH is 1. The second kappa shape index (κ2) is 5.69. The molecule has 5 heteroatoms. The zero-order chi connectivity index (χ0) is 14.8. The van der Waals surface area contributed by atoms with Crippen LogP contribution in [0.4, 0.5) is 0 Å². The largest absolute Gasteiger partial charge is 0.391 e. The summed E-state index contributed by atoms with van der Waals surface area (Å²) in [5.41, 5.74) is 1.92. The molecule has 1 aromatic heterocycles. The maximum absolute atomic E-state index is 12.7. The molecule has 110 valence electrons. The second-order valence-corrected chi connectivity index (χ2v) is 5.38. The summed E-state index contributed by atoms with van der Waals surface area (Å²) >= 11 is 0. The molecule has 0 spiro atoms. The summed E-state index contributed by atoms with van der Waals surface area (Å²) in [6.45, 7) is 2.78. The van der Waals surface area contributed by atoms with Crippen molar-refractivity contribution < 1.29 is 14.4 Å². The molecule has 0 aliphatic carbocycles. The molecule has 1 saturated heterocycles. The van der Waals surface area contributed by atoms with Crippen molar-refractivity contribution in [3.8, 4) is 11.3 Å². The third kappa shape index (κ3) is 2.69. The minimum absolute atomic E-state index is 0.119. The Hall–Kier alpha value is -2.14. The number of β-amino-alcohol motifs (C(OH)–C–C–N with tert-alkyl or cyclic N) is 1. The molecule has 1 aliphatic rings. The van der Waals surface area contributed by atoms with Gasteiger partial charge in [-0.1, -0.05) is 35.5 Å². The van der Waals surface area contributed by atoms with Crippen molar-refractivity contribution in [2.75, 3.05) is 13.1 Å². The summed E-state index contributed by atoms with van der Waals surface area (Å²) in [5.74, 6) is 0.394. The van der Waals surface area contributed by atoms with Gasteiger partial charge in [-0.2, -0.15) is 0 Å². The Morgan fingerprint density at radius 2 is 2.14 bits per heavy atom. The van der Waals surface area contributed by atoms with Crippen molar-refractivity contribution in [2.24, 2.45) is 0 Å². The summed E-state index contributed by atoms with van der Waals surface area (Å²) in [4.78, 5) is 14.4. The Labute approximate surface area is 123 Å². The van der Waals surface area contributed by atoms with Gasteiger partial charge in [-0.3, -0.25) is 4.79 Å². The van der Waals surface area contributed by atoms with Crippen LogP contribution < -0.4 is 0 Å². The van der Waals surface area contributed by atoms with Gasteiger partial charge in [-0.15, -0.1) is 0 Å². The van der Waals surface area contributed by atoms with Gasteiger partial charge in [0.25, 0.3) is 5.91 Å². The number of aromatic nitrogens is 1. The van der Waals surface area contributed by atoms with Crippen molar-refractivity contribution in [3.05, 3.63) is 41.7 Å². The van der Waals surface area contributed by atoms with Crippen molar-refractivity contribution >= 4 is 5.91 Å². The first-order valence-electron chi connectivity index (χ1n) is 7.16. The summed E-state index contributed by atoms with van der Waals surface area (Å²) in [6, 6.07) is 9.52. The molecule has 1 atom stereocenters. The number of likely N-dealkylation sites (tertiary alicyclic amines) is 1. The van der Waals surface area contributed by atoms with Crippen LogP contribution >= 0.6 is 0 Å². The van der Waals surface area contributed by atoms with Crippen LogP contribution in [0.25, 0.3) is 11.3 Å². The van der Waals surface area contributed by atoms with Crippen LogP contribution in [-0.4, -0.2) is 40.3 Å². The number of carbonyl (C=O) groups excluding carboxylic acids is 1. The standard InChI is InChI=1S/C16H18N2O3/c1-11-14(16(20)18-9-5-8-13(19)10-18)15(17-21-11)12-6-3-2-4-7-12/h2-4,6-7,13,19H,5,8-10H2,1H3. The van der Waals surface area contributed by atoms with Gasteiger partial charge in [-0.25, -0.2) is 0 Å². The van der Waals surface area contributed by atoms with Gasteiger partial charge in [-0.05, 0) is 19.8 Å². The molecule has 1 unspecified atom stereocenters. The van der Waals surface area contributed by atoms with Gasteiger partial charge in [0.1, 0.15) is 17.0 Å².